The molecule has 0 aliphatic heterocycles. The monoisotopic (exact) mass is 356 g/mol. The zero-order chi connectivity index (χ0) is 16.8. The summed E-state index contributed by atoms with van der Waals surface area (Å²) in [4.78, 5) is 12.0. The van der Waals surface area contributed by atoms with E-state index in [0.29, 0.717) is 12.3 Å². The molecule has 1 aliphatic carbocycles. The van der Waals surface area contributed by atoms with Crippen LogP contribution >= 0.6 is 12.4 Å². The number of nitrogens with one attached hydrogen (secondary N) is 1. The Hall–Kier alpha value is -1.46. The van der Waals surface area contributed by atoms with E-state index in [9.17, 15) is 4.79 Å². The summed E-state index contributed by atoms with van der Waals surface area (Å²) in [6.45, 7) is 4.12. The standard InChI is InChI=1S/C18H28N2O3.ClH/c1-12(11-19)18(21)20-13(2)14-8-9-16(17(10-14)22-3)23-15-6-4-5-7-15;/h8-10,12-13,15H,4-7,11,19H2,1-3H3,(H,20,21);1H. The Kier molecular flexibility index (Phi) is 8.36. The number of ether oxygens (including phenoxy) is 2. The summed E-state index contributed by atoms with van der Waals surface area (Å²) < 4.78 is 11.5. The first kappa shape index (κ1) is 20.6. The van der Waals surface area contributed by atoms with Crippen LogP contribution in [0.1, 0.15) is 51.1 Å². The highest BCUT2D eigenvalue weighted by Crippen LogP contribution is 2.33. The average molecular weight is 357 g/mol. The molecule has 1 amide bonds. The minimum Gasteiger partial charge on any atom is -0.493 e. The molecular weight excluding hydrogens is 328 g/mol. The van der Waals surface area contributed by atoms with E-state index < -0.39 is 0 Å². The molecule has 5 nitrogen and oxygen atoms in total. The molecule has 0 saturated heterocycles. The molecule has 136 valence electrons. The molecule has 1 fully saturated rings. The van der Waals surface area contributed by atoms with Gasteiger partial charge in [-0.15, -0.1) is 12.4 Å². The molecule has 6 heteroatoms. The molecule has 1 aromatic rings. The zero-order valence-corrected chi connectivity index (χ0v) is 15.5. The molecule has 24 heavy (non-hydrogen) atoms. The molecule has 2 rings (SSSR count). The van der Waals surface area contributed by atoms with E-state index in [1.54, 1.807) is 7.11 Å². The second-order valence-electron chi connectivity index (χ2n) is 6.30. The van der Waals surface area contributed by atoms with Crippen molar-refractivity contribution in [3.63, 3.8) is 0 Å². The number of amides is 1. The van der Waals surface area contributed by atoms with Crippen LogP contribution in [0.25, 0.3) is 0 Å². The fraction of sp³-hybridized carbons (Fsp3) is 0.611. The van der Waals surface area contributed by atoms with Crippen LogP contribution in [0, 0.1) is 5.92 Å². The molecule has 0 bridgehead atoms. The molecule has 2 unspecified atom stereocenters. The van der Waals surface area contributed by atoms with E-state index in [0.717, 1.165) is 24.2 Å². The van der Waals surface area contributed by atoms with Crippen LogP contribution in [0.5, 0.6) is 11.5 Å². The Morgan fingerprint density at radius 2 is 1.96 bits per heavy atom. The summed E-state index contributed by atoms with van der Waals surface area (Å²) in [5.41, 5.74) is 6.52. The van der Waals surface area contributed by atoms with Crippen LogP contribution < -0.4 is 20.5 Å². The second-order valence-corrected chi connectivity index (χ2v) is 6.30. The Labute approximate surface area is 150 Å². The van der Waals surface area contributed by atoms with Gasteiger partial charge in [0.25, 0.3) is 0 Å². The highest BCUT2D eigenvalue weighted by molar-refractivity contribution is 5.85. The summed E-state index contributed by atoms with van der Waals surface area (Å²) in [6, 6.07) is 5.74. The van der Waals surface area contributed by atoms with Crippen molar-refractivity contribution < 1.29 is 14.3 Å². The van der Waals surface area contributed by atoms with Gasteiger partial charge in [-0.2, -0.15) is 0 Å². The summed E-state index contributed by atoms with van der Waals surface area (Å²) in [6.07, 6.45) is 4.96. The number of benzene rings is 1. The molecular formula is C18H29ClN2O3. The lowest BCUT2D eigenvalue weighted by atomic mass is 10.1. The van der Waals surface area contributed by atoms with Gasteiger partial charge in [0, 0.05) is 12.5 Å². The van der Waals surface area contributed by atoms with Crippen LogP contribution in [0.2, 0.25) is 0 Å². The average Bonchev–Trinajstić information content (AvgIpc) is 3.07. The maximum Gasteiger partial charge on any atom is 0.224 e. The van der Waals surface area contributed by atoms with Gasteiger partial charge in [0.15, 0.2) is 11.5 Å². The first-order valence-corrected chi connectivity index (χ1v) is 8.40. The number of rotatable bonds is 7. The summed E-state index contributed by atoms with van der Waals surface area (Å²) in [5, 5.41) is 2.98. The first-order valence-electron chi connectivity index (χ1n) is 8.40. The number of hydrogen-bond acceptors (Lipinski definition) is 4. The number of methoxy groups -OCH3 is 1. The van der Waals surface area contributed by atoms with Gasteiger partial charge in [0.1, 0.15) is 0 Å². The van der Waals surface area contributed by atoms with Gasteiger partial charge in [-0.3, -0.25) is 4.79 Å². The highest BCUT2D eigenvalue weighted by Gasteiger charge is 2.20. The Bertz CT molecular complexity index is 533. The van der Waals surface area contributed by atoms with Crippen LogP contribution in [0.4, 0.5) is 0 Å². The van der Waals surface area contributed by atoms with Crippen molar-refractivity contribution in [1.82, 2.24) is 5.32 Å². The first-order chi connectivity index (χ1) is 11.0. The van der Waals surface area contributed by atoms with Crippen LogP contribution in [-0.2, 0) is 4.79 Å². The predicted octanol–water partition coefficient (Wildman–Crippen LogP) is 3.21. The van der Waals surface area contributed by atoms with Crippen molar-refractivity contribution >= 4 is 18.3 Å². The largest absolute Gasteiger partial charge is 0.493 e. The Balaban J connectivity index is 0.00000288. The topological polar surface area (TPSA) is 73.6 Å². The smallest absolute Gasteiger partial charge is 0.224 e. The van der Waals surface area contributed by atoms with Crippen LogP contribution in [0.3, 0.4) is 0 Å². The van der Waals surface area contributed by atoms with Gasteiger partial charge in [-0.05, 0) is 50.3 Å². The highest BCUT2D eigenvalue weighted by atomic mass is 35.5. The lowest BCUT2D eigenvalue weighted by Gasteiger charge is -2.20. The lowest BCUT2D eigenvalue weighted by Crippen LogP contribution is -2.34. The van der Waals surface area contributed by atoms with E-state index in [4.69, 9.17) is 15.2 Å². The maximum absolute atomic E-state index is 12.0. The lowest BCUT2D eigenvalue weighted by molar-refractivity contribution is -0.124. The van der Waals surface area contributed by atoms with Crippen molar-refractivity contribution in [2.45, 2.75) is 51.7 Å². The zero-order valence-electron chi connectivity index (χ0n) is 14.7. The number of nitrogens with two attached hydrogens (primary N) is 1. The Morgan fingerprint density at radius 1 is 1.29 bits per heavy atom. The van der Waals surface area contributed by atoms with E-state index in [2.05, 4.69) is 5.32 Å². The van der Waals surface area contributed by atoms with Gasteiger partial charge in [0.05, 0.1) is 19.3 Å². The van der Waals surface area contributed by atoms with Crippen molar-refractivity contribution in [2.75, 3.05) is 13.7 Å². The maximum atomic E-state index is 12.0. The van der Waals surface area contributed by atoms with Gasteiger partial charge >= 0.3 is 0 Å². The van der Waals surface area contributed by atoms with Crippen molar-refractivity contribution in [1.29, 1.82) is 0 Å². The third-order valence-electron chi connectivity index (χ3n) is 4.44. The van der Waals surface area contributed by atoms with Crippen LogP contribution in [0.15, 0.2) is 18.2 Å². The number of carbonyl (C=O) groups is 1. The molecule has 1 aromatic carbocycles. The van der Waals surface area contributed by atoms with Crippen molar-refractivity contribution in [3.05, 3.63) is 23.8 Å². The summed E-state index contributed by atoms with van der Waals surface area (Å²) in [7, 11) is 1.64. The van der Waals surface area contributed by atoms with Crippen molar-refractivity contribution in [2.24, 2.45) is 11.7 Å². The molecule has 2 atom stereocenters. The van der Waals surface area contributed by atoms with Gasteiger partial charge in [0.2, 0.25) is 5.91 Å². The molecule has 3 N–H and O–H groups in total. The van der Waals surface area contributed by atoms with E-state index in [1.165, 1.54) is 12.8 Å². The molecule has 0 aromatic heterocycles. The number of halogens is 1. The molecule has 0 radical (unpaired) electrons. The van der Waals surface area contributed by atoms with Crippen molar-refractivity contribution in [3.8, 4) is 11.5 Å². The van der Waals surface area contributed by atoms with Gasteiger partial charge < -0.3 is 20.5 Å². The van der Waals surface area contributed by atoms with E-state index >= 15 is 0 Å². The minimum absolute atomic E-state index is 0. The summed E-state index contributed by atoms with van der Waals surface area (Å²) >= 11 is 0. The molecule has 1 saturated carbocycles. The third-order valence-corrected chi connectivity index (χ3v) is 4.44. The van der Waals surface area contributed by atoms with Crippen LogP contribution in [-0.4, -0.2) is 25.7 Å². The van der Waals surface area contributed by atoms with E-state index in [-0.39, 0.29) is 36.4 Å². The summed E-state index contributed by atoms with van der Waals surface area (Å²) in [5.74, 6) is 1.26. The van der Waals surface area contributed by atoms with E-state index in [1.807, 2.05) is 32.0 Å². The molecule has 0 spiro atoms. The Morgan fingerprint density at radius 3 is 2.54 bits per heavy atom. The van der Waals surface area contributed by atoms with Gasteiger partial charge in [-0.1, -0.05) is 13.0 Å². The molecule has 1 aliphatic rings. The second kappa shape index (κ2) is 9.74. The molecule has 0 heterocycles. The predicted molar refractivity (Wildman–Crippen MR) is 97.9 cm³/mol. The van der Waals surface area contributed by atoms with Gasteiger partial charge in [-0.25, -0.2) is 0 Å². The minimum atomic E-state index is -0.190. The normalized spacial score (nSPS) is 16.8. The third kappa shape index (κ3) is 5.28. The number of carbonyl (C=O) groups excluding carboxylic acids is 1. The fourth-order valence-corrected chi connectivity index (χ4v) is 2.78. The quantitative estimate of drug-likeness (QED) is 0.786. The fourth-order valence-electron chi connectivity index (χ4n) is 2.78. The number of hydrogen-bond donors (Lipinski definition) is 2. The SMILES string of the molecule is COc1cc(C(C)NC(=O)C(C)CN)ccc1OC1CCCC1.Cl.